The summed E-state index contributed by atoms with van der Waals surface area (Å²) in [6, 6.07) is 7.19. The molecule has 2 N–H and O–H groups in total. The molecule has 1 aliphatic heterocycles. The molecule has 3 aromatic rings. The Bertz CT molecular complexity index is 1310. The van der Waals surface area contributed by atoms with E-state index in [9.17, 15) is 14.7 Å². The molecule has 0 spiro atoms. The standard InChI is InChI=1S/C28H36N4O5/c1-17-11-21(15-31(3)27(17)34)26-30-23-12-19(7-8-24(23)32(26)14-20-9-10-36-16-20)13-29-25(18(2)33)28(35)37-22-5-4-6-22/h7-8,11-12,15,18,20,22,25,29,33H,4-6,9-10,13-14,16H2,1-3H3/t18-,20?,25?/m1/s1. The summed E-state index contributed by atoms with van der Waals surface area (Å²) in [7, 11) is 1.76. The number of imidazole rings is 1. The molecule has 5 rings (SSSR count). The number of fused-ring (bicyclic) bond motifs is 1. The molecule has 9 heteroatoms. The van der Waals surface area contributed by atoms with Crippen LogP contribution in [0.2, 0.25) is 0 Å². The maximum atomic E-state index is 12.6. The molecule has 2 unspecified atom stereocenters. The molecule has 198 valence electrons. The summed E-state index contributed by atoms with van der Waals surface area (Å²) in [6.07, 6.45) is 4.80. The highest BCUT2D eigenvalue weighted by Gasteiger charge is 2.30. The minimum Gasteiger partial charge on any atom is -0.461 e. The van der Waals surface area contributed by atoms with Gasteiger partial charge in [-0.3, -0.25) is 14.9 Å². The summed E-state index contributed by atoms with van der Waals surface area (Å²) in [4.78, 5) is 29.9. The molecule has 0 radical (unpaired) electrons. The van der Waals surface area contributed by atoms with Crippen LogP contribution in [0.1, 0.15) is 43.7 Å². The maximum absolute atomic E-state index is 12.6. The van der Waals surface area contributed by atoms with Crippen molar-refractivity contribution in [3.05, 3.63) is 51.9 Å². The van der Waals surface area contributed by atoms with Gasteiger partial charge in [0.2, 0.25) is 0 Å². The van der Waals surface area contributed by atoms with Crippen molar-refractivity contribution in [2.45, 2.75) is 70.9 Å². The van der Waals surface area contributed by atoms with E-state index in [-0.39, 0.29) is 11.7 Å². The predicted octanol–water partition coefficient (Wildman–Crippen LogP) is 2.68. The zero-order valence-electron chi connectivity index (χ0n) is 21.8. The zero-order chi connectivity index (χ0) is 26.1. The lowest BCUT2D eigenvalue weighted by Gasteiger charge is -2.28. The number of aliphatic hydroxyl groups is 1. The molecule has 9 nitrogen and oxygen atoms in total. The number of benzene rings is 1. The highest BCUT2D eigenvalue weighted by Crippen LogP contribution is 2.28. The molecular formula is C28H36N4O5. The average molecular weight is 509 g/mol. The maximum Gasteiger partial charge on any atom is 0.326 e. The molecule has 1 aromatic carbocycles. The number of carbonyl (C=O) groups excluding carboxylic acids is 1. The smallest absolute Gasteiger partial charge is 0.326 e. The predicted molar refractivity (Wildman–Crippen MR) is 140 cm³/mol. The average Bonchev–Trinajstić information content (AvgIpc) is 3.47. The number of esters is 1. The lowest BCUT2D eigenvalue weighted by molar-refractivity contribution is -0.158. The second kappa shape index (κ2) is 10.8. The van der Waals surface area contributed by atoms with Gasteiger partial charge in [-0.05, 0) is 63.3 Å². The third kappa shape index (κ3) is 5.49. The fourth-order valence-electron chi connectivity index (χ4n) is 5.08. The quantitative estimate of drug-likeness (QED) is 0.428. The first-order valence-corrected chi connectivity index (χ1v) is 13.2. The largest absolute Gasteiger partial charge is 0.461 e. The van der Waals surface area contributed by atoms with Gasteiger partial charge in [0, 0.05) is 50.0 Å². The molecule has 0 amide bonds. The Balaban J connectivity index is 1.43. The lowest BCUT2D eigenvalue weighted by atomic mass is 9.96. The number of aliphatic hydroxyl groups excluding tert-OH is 1. The first-order chi connectivity index (χ1) is 17.8. The Morgan fingerprint density at radius 2 is 2.11 bits per heavy atom. The first kappa shape index (κ1) is 25.6. The fraction of sp³-hybridized carbons (Fsp3) is 0.536. The van der Waals surface area contributed by atoms with Gasteiger partial charge in [0.25, 0.3) is 5.56 Å². The summed E-state index contributed by atoms with van der Waals surface area (Å²) in [5.74, 6) is 0.812. The van der Waals surface area contributed by atoms with E-state index in [4.69, 9.17) is 14.5 Å². The summed E-state index contributed by atoms with van der Waals surface area (Å²) in [6.45, 7) is 6.09. The second-order valence-corrected chi connectivity index (χ2v) is 10.5. The van der Waals surface area contributed by atoms with Crippen molar-refractivity contribution in [1.82, 2.24) is 19.4 Å². The van der Waals surface area contributed by atoms with Crippen LogP contribution in [0.15, 0.2) is 35.3 Å². The minimum atomic E-state index is -0.872. The van der Waals surface area contributed by atoms with Crippen molar-refractivity contribution in [2.75, 3.05) is 13.2 Å². The van der Waals surface area contributed by atoms with Crippen molar-refractivity contribution < 1.29 is 19.4 Å². The molecule has 37 heavy (non-hydrogen) atoms. The van der Waals surface area contributed by atoms with Gasteiger partial charge in [-0.1, -0.05) is 6.07 Å². The van der Waals surface area contributed by atoms with Crippen LogP contribution in [0, 0.1) is 12.8 Å². The van der Waals surface area contributed by atoms with Gasteiger partial charge in [-0.2, -0.15) is 0 Å². The summed E-state index contributed by atoms with van der Waals surface area (Å²) in [5.41, 5.74) is 4.34. The highest BCUT2D eigenvalue weighted by atomic mass is 16.5. The number of aryl methyl sites for hydroxylation is 2. The van der Waals surface area contributed by atoms with E-state index in [0.29, 0.717) is 18.0 Å². The Kier molecular flexibility index (Phi) is 7.46. The van der Waals surface area contributed by atoms with Crippen LogP contribution in [-0.2, 0) is 34.4 Å². The summed E-state index contributed by atoms with van der Waals surface area (Å²) < 4.78 is 15.0. The number of pyridine rings is 1. The number of hydrogen-bond donors (Lipinski definition) is 2. The van der Waals surface area contributed by atoms with E-state index in [1.807, 2.05) is 31.3 Å². The van der Waals surface area contributed by atoms with Crippen LogP contribution in [0.3, 0.4) is 0 Å². The van der Waals surface area contributed by atoms with Crippen LogP contribution in [0.25, 0.3) is 22.4 Å². The molecule has 3 atom stereocenters. The summed E-state index contributed by atoms with van der Waals surface area (Å²) in [5, 5.41) is 13.4. The van der Waals surface area contributed by atoms with Crippen LogP contribution >= 0.6 is 0 Å². The molecule has 1 saturated carbocycles. The number of carbonyl (C=O) groups is 1. The number of ether oxygens (including phenoxy) is 2. The molecule has 2 fully saturated rings. The van der Waals surface area contributed by atoms with E-state index >= 15 is 0 Å². The van der Waals surface area contributed by atoms with Crippen molar-refractivity contribution in [3.8, 4) is 11.4 Å². The SMILES string of the molecule is Cc1cc(-c2nc3cc(CNC(C(=O)OC4CCC4)[C@@H](C)O)ccc3n2CC2CCOC2)cn(C)c1=O. The number of nitrogens with zero attached hydrogens (tertiary/aromatic N) is 3. The number of hydrogen-bond acceptors (Lipinski definition) is 7. The second-order valence-electron chi connectivity index (χ2n) is 10.5. The van der Waals surface area contributed by atoms with E-state index in [0.717, 1.165) is 73.4 Å². The van der Waals surface area contributed by atoms with E-state index in [1.54, 1.807) is 18.5 Å². The third-order valence-corrected chi connectivity index (χ3v) is 7.50. The van der Waals surface area contributed by atoms with Crippen LogP contribution in [-0.4, -0.2) is 56.7 Å². The van der Waals surface area contributed by atoms with E-state index < -0.39 is 18.1 Å². The van der Waals surface area contributed by atoms with Crippen molar-refractivity contribution in [2.24, 2.45) is 13.0 Å². The van der Waals surface area contributed by atoms with Crippen LogP contribution in [0.4, 0.5) is 0 Å². The zero-order valence-corrected chi connectivity index (χ0v) is 21.8. The molecule has 3 heterocycles. The molecule has 2 aliphatic rings. The molecule has 2 aromatic heterocycles. The number of aromatic nitrogens is 3. The minimum absolute atomic E-state index is 0.0209. The Labute approximate surface area is 216 Å². The topological polar surface area (TPSA) is 108 Å². The lowest BCUT2D eigenvalue weighted by Crippen LogP contribution is -2.47. The Morgan fingerprint density at radius 3 is 2.76 bits per heavy atom. The van der Waals surface area contributed by atoms with Gasteiger partial charge in [0.05, 0.1) is 23.7 Å². The van der Waals surface area contributed by atoms with Gasteiger partial charge < -0.3 is 23.7 Å². The molecular weight excluding hydrogens is 472 g/mol. The third-order valence-electron chi connectivity index (χ3n) is 7.50. The fourth-order valence-corrected chi connectivity index (χ4v) is 5.08. The van der Waals surface area contributed by atoms with Crippen LogP contribution in [0.5, 0.6) is 0 Å². The van der Waals surface area contributed by atoms with Gasteiger partial charge in [-0.25, -0.2) is 4.98 Å². The number of nitrogens with one attached hydrogen (secondary N) is 1. The highest BCUT2D eigenvalue weighted by molar-refractivity contribution is 5.81. The van der Waals surface area contributed by atoms with Crippen molar-refractivity contribution >= 4 is 17.0 Å². The Morgan fingerprint density at radius 1 is 1.30 bits per heavy atom. The van der Waals surface area contributed by atoms with Gasteiger partial charge in [0.1, 0.15) is 18.0 Å². The van der Waals surface area contributed by atoms with E-state index in [1.165, 1.54) is 0 Å². The summed E-state index contributed by atoms with van der Waals surface area (Å²) >= 11 is 0. The Hall–Kier alpha value is -3.01. The van der Waals surface area contributed by atoms with Gasteiger partial charge in [0.15, 0.2) is 0 Å². The normalized spacial score (nSPS) is 19.6. The number of rotatable bonds is 9. The van der Waals surface area contributed by atoms with Crippen molar-refractivity contribution in [1.29, 1.82) is 0 Å². The van der Waals surface area contributed by atoms with Gasteiger partial charge in [-0.15, -0.1) is 0 Å². The van der Waals surface area contributed by atoms with Crippen molar-refractivity contribution in [3.63, 3.8) is 0 Å². The van der Waals surface area contributed by atoms with Gasteiger partial charge >= 0.3 is 5.97 Å². The van der Waals surface area contributed by atoms with E-state index in [2.05, 4.69) is 16.0 Å². The first-order valence-electron chi connectivity index (χ1n) is 13.2. The molecule has 0 bridgehead atoms. The molecule has 1 saturated heterocycles. The van der Waals surface area contributed by atoms with Crippen LogP contribution < -0.4 is 10.9 Å². The molecule has 1 aliphatic carbocycles. The monoisotopic (exact) mass is 508 g/mol.